The highest BCUT2D eigenvalue weighted by Crippen LogP contribution is 2.34. The molecule has 3 aromatic rings. The zero-order chi connectivity index (χ0) is 21.5. The molecule has 30 heavy (non-hydrogen) atoms. The van der Waals surface area contributed by atoms with Crippen LogP contribution in [-0.4, -0.2) is 19.2 Å². The van der Waals surface area contributed by atoms with Gasteiger partial charge in [0.05, 0.1) is 27.5 Å². The number of ether oxygens (including phenoxy) is 2. The molecule has 0 fully saturated rings. The minimum Gasteiger partial charge on any atom is -0.493 e. The van der Waals surface area contributed by atoms with Crippen LogP contribution in [-0.2, 0) is 6.61 Å². The highest BCUT2D eigenvalue weighted by molar-refractivity contribution is 14.1. The van der Waals surface area contributed by atoms with Gasteiger partial charge in [0.15, 0.2) is 11.5 Å². The van der Waals surface area contributed by atoms with Crippen molar-refractivity contribution < 1.29 is 14.3 Å². The number of rotatable bonds is 7. The van der Waals surface area contributed by atoms with E-state index in [1.807, 2.05) is 36.4 Å². The summed E-state index contributed by atoms with van der Waals surface area (Å²) < 4.78 is 12.3. The van der Waals surface area contributed by atoms with Crippen LogP contribution in [0.15, 0.2) is 65.8 Å². The summed E-state index contributed by atoms with van der Waals surface area (Å²) in [5.41, 5.74) is 4.54. The number of halogens is 3. The molecule has 0 unspecified atom stereocenters. The van der Waals surface area contributed by atoms with Crippen LogP contribution in [0.3, 0.4) is 0 Å². The van der Waals surface area contributed by atoms with E-state index < -0.39 is 5.91 Å². The molecule has 0 atom stereocenters. The minimum absolute atomic E-state index is 0.256. The minimum atomic E-state index is -0.433. The quantitative estimate of drug-likeness (QED) is 0.223. The lowest BCUT2D eigenvalue weighted by atomic mass is 10.2. The standard InChI is InChI=1S/C22H17Cl2IN2O3/c1-29-20-10-15(9-19(25)21(20)30-13-14-5-3-2-4-6-14)12-26-27-22(28)17-8-7-16(23)11-18(17)24/h2-12H,13H2,1H3,(H,27,28)/b26-12-. The second-order valence-electron chi connectivity index (χ2n) is 6.13. The van der Waals surface area contributed by atoms with E-state index in [0.717, 1.165) is 14.7 Å². The Balaban J connectivity index is 1.70. The lowest BCUT2D eigenvalue weighted by molar-refractivity contribution is 0.0955. The first-order valence-electron chi connectivity index (χ1n) is 8.80. The van der Waals surface area contributed by atoms with Crippen molar-refractivity contribution in [3.05, 3.63) is 91.0 Å². The number of carbonyl (C=O) groups excluding carboxylic acids is 1. The van der Waals surface area contributed by atoms with Gasteiger partial charge < -0.3 is 9.47 Å². The maximum atomic E-state index is 12.2. The van der Waals surface area contributed by atoms with E-state index in [4.69, 9.17) is 32.7 Å². The SMILES string of the molecule is COc1cc(/C=N\NC(=O)c2ccc(Cl)cc2Cl)cc(I)c1OCc1ccccc1. The van der Waals surface area contributed by atoms with Crippen molar-refractivity contribution in [3.8, 4) is 11.5 Å². The molecule has 0 radical (unpaired) electrons. The zero-order valence-corrected chi connectivity index (χ0v) is 19.5. The van der Waals surface area contributed by atoms with Crippen molar-refractivity contribution in [3.63, 3.8) is 0 Å². The molecule has 1 amide bonds. The third-order valence-electron chi connectivity index (χ3n) is 4.03. The van der Waals surface area contributed by atoms with Gasteiger partial charge in [0.25, 0.3) is 5.91 Å². The highest BCUT2D eigenvalue weighted by Gasteiger charge is 2.12. The molecule has 0 aliphatic rings. The van der Waals surface area contributed by atoms with E-state index in [2.05, 4.69) is 33.1 Å². The number of hydrazone groups is 1. The first-order chi connectivity index (χ1) is 14.5. The molecule has 8 heteroatoms. The molecule has 0 aliphatic carbocycles. The maximum Gasteiger partial charge on any atom is 0.272 e. The Morgan fingerprint density at radius 2 is 1.90 bits per heavy atom. The second kappa shape index (κ2) is 10.7. The van der Waals surface area contributed by atoms with E-state index in [1.165, 1.54) is 12.3 Å². The van der Waals surface area contributed by atoms with Crippen LogP contribution in [0.1, 0.15) is 21.5 Å². The third-order valence-corrected chi connectivity index (χ3v) is 5.38. The van der Waals surface area contributed by atoms with Crippen LogP contribution in [0, 0.1) is 3.57 Å². The lowest BCUT2D eigenvalue weighted by Crippen LogP contribution is -2.18. The monoisotopic (exact) mass is 554 g/mol. The number of benzene rings is 3. The van der Waals surface area contributed by atoms with Crippen LogP contribution >= 0.6 is 45.8 Å². The lowest BCUT2D eigenvalue weighted by Gasteiger charge is -2.13. The van der Waals surface area contributed by atoms with E-state index in [1.54, 1.807) is 25.3 Å². The van der Waals surface area contributed by atoms with Crippen LogP contribution in [0.5, 0.6) is 11.5 Å². The molecule has 0 saturated heterocycles. The van der Waals surface area contributed by atoms with Crippen molar-refractivity contribution in [1.29, 1.82) is 0 Å². The number of methoxy groups -OCH3 is 1. The van der Waals surface area contributed by atoms with Gasteiger partial charge in [-0.2, -0.15) is 5.10 Å². The van der Waals surface area contributed by atoms with E-state index in [-0.39, 0.29) is 10.6 Å². The van der Waals surface area contributed by atoms with Crippen LogP contribution in [0.25, 0.3) is 0 Å². The molecular formula is C22H17Cl2IN2O3. The summed E-state index contributed by atoms with van der Waals surface area (Å²) in [6.45, 7) is 0.429. The fraction of sp³-hybridized carbons (Fsp3) is 0.0909. The van der Waals surface area contributed by atoms with Crippen LogP contribution in [0.4, 0.5) is 0 Å². The Labute approximate surface area is 198 Å². The van der Waals surface area contributed by atoms with E-state index >= 15 is 0 Å². The smallest absolute Gasteiger partial charge is 0.272 e. The molecule has 1 N–H and O–H groups in total. The molecule has 3 aromatic carbocycles. The summed E-state index contributed by atoms with van der Waals surface area (Å²) in [5.74, 6) is 0.792. The molecule has 0 aliphatic heterocycles. The number of hydrogen-bond donors (Lipinski definition) is 1. The van der Waals surface area contributed by atoms with Crippen molar-refractivity contribution in [1.82, 2.24) is 5.43 Å². The maximum absolute atomic E-state index is 12.2. The Hall–Kier alpha value is -2.29. The van der Waals surface area contributed by atoms with Crippen LogP contribution < -0.4 is 14.9 Å². The first-order valence-corrected chi connectivity index (χ1v) is 10.6. The number of nitrogens with zero attached hydrogens (tertiary/aromatic N) is 1. The van der Waals surface area contributed by atoms with Crippen molar-refractivity contribution in [2.45, 2.75) is 6.61 Å². The van der Waals surface area contributed by atoms with E-state index in [0.29, 0.717) is 23.1 Å². The Kier molecular flexibility index (Phi) is 7.95. The normalized spacial score (nSPS) is 10.8. The highest BCUT2D eigenvalue weighted by atomic mass is 127. The average Bonchev–Trinajstić information content (AvgIpc) is 2.73. The third kappa shape index (κ3) is 5.87. The molecule has 154 valence electrons. The first kappa shape index (κ1) is 22.4. The summed E-state index contributed by atoms with van der Waals surface area (Å²) in [5, 5.41) is 4.72. The molecule has 0 saturated carbocycles. The molecule has 0 spiro atoms. The molecule has 0 aromatic heterocycles. The largest absolute Gasteiger partial charge is 0.493 e. The number of carbonyl (C=O) groups is 1. The van der Waals surface area contributed by atoms with Gasteiger partial charge in [-0.15, -0.1) is 0 Å². The topological polar surface area (TPSA) is 59.9 Å². The predicted molar refractivity (Wildman–Crippen MR) is 128 cm³/mol. The van der Waals surface area contributed by atoms with Crippen molar-refractivity contribution in [2.75, 3.05) is 7.11 Å². The Morgan fingerprint density at radius 3 is 2.60 bits per heavy atom. The van der Waals surface area contributed by atoms with E-state index in [9.17, 15) is 4.79 Å². The molecule has 3 rings (SSSR count). The van der Waals surface area contributed by atoms with Gasteiger partial charge in [0.1, 0.15) is 6.61 Å². The summed E-state index contributed by atoms with van der Waals surface area (Å²) in [6.07, 6.45) is 1.52. The predicted octanol–water partition coefficient (Wildman–Crippen LogP) is 5.95. The summed E-state index contributed by atoms with van der Waals surface area (Å²) >= 11 is 14.1. The molecule has 0 heterocycles. The van der Waals surface area contributed by atoms with Gasteiger partial charge in [-0.25, -0.2) is 5.43 Å². The number of hydrogen-bond acceptors (Lipinski definition) is 4. The second-order valence-corrected chi connectivity index (χ2v) is 8.14. The van der Waals surface area contributed by atoms with Gasteiger partial charge in [-0.1, -0.05) is 53.5 Å². The Bertz CT molecular complexity index is 1080. The van der Waals surface area contributed by atoms with Gasteiger partial charge in [0.2, 0.25) is 0 Å². The summed E-state index contributed by atoms with van der Waals surface area (Å²) in [6, 6.07) is 18.2. The summed E-state index contributed by atoms with van der Waals surface area (Å²) in [7, 11) is 1.58. The summed E-state index contributed by atoms with van der Waals surface area (Å²) in [4.78, 5) is 12.2. The number of nitrogens with one attached hydrogen (secondary N) is 1. The number of amides is 1. The van der Waals surface area contributed by atoms with Gasteiger partial charge >= 0.3 is 0 Å². The zero-order valence-electron chi connectivity index (χ0n) is 15.9. The fourth-order valence-corrected chi connectivity index (χ4v) is 3.86. The molecule has 5 nitrogen and oxygen atoms in total. The average molecular weight is 555 g/mol. The Morgan fingerprint density at radius 1 is 1.13 bits per heavy atom. The van der Waals surface area contributed by atoms with Gasteiger partial charge in [-0.3, -0.25) is 4.79 Å². The van der Waals surface area contributed by atoms with Crippen molar-refractivity contribution >= 4 is 57.9 Å². The fourth-order valence-electron chi connectivity index (χ4n) is 2.58. The van der Waals surface area contributed by atoms with Gasteiger partial charge in [-0.05, 0) is 64.0 Å². The molecular weight excluding hydrogens is 538 g/mol. The van der Waals surface area contributed by atoms with Gasteiger partial charge in [0, 0.05) is 5.02 Å². The molecule has 0 bridgehead atoms. The van der Waals surface area contributed by atoms with Crippen molar-refractivity contribution in [2.24, 2.45) is 5.10 Å². The van der Waals surface area contributed by atoms with Crippen LogP contribution in [0.2, 0.25) is 10.0 Å².